The van der Waals surface area contributed by atoms with Gasteiger partial charge in [0.15, 0.2) is 5.13 Å². The van der Waals surface area contributed by atoms with Crippen molar-refractivity contribution >= 4 is 43.8 Å². The zero-order chi connectivity index (χ0) is 23.0. The number of aromatic hydroxyl groups is 1. The number of nitrogens with zero attached hydrogens (tertiary/aromatic N) is 1. The molecule has 0 aliphatic rings. The van der Waals surface area contributed by atoms with Crippen LogP contribution in [0.1, 0.15) is 11.3 Å². The molecule has 164 valence electrons. The highest BCUT2D eigenvalue weighted by atomic mass is 79.9. The van der Waals surface area contributed by atoms with Gasteiger partial charge in [-0.25, -0.2) is 4.98 Å². The minimum Gasteiger partial charge on any atom is -0.507 e. The predicted molar refractivity (Wildman–Crippen MR) is 126 cm³/mol. The van der Waals surface area contributed by atoms with E-state index in [4.69, 9.17) is 5.73 Å². The molecule has 0 saturated carbocycles. The molecule has 0 atom stereocenters. The SMILES string of the molecule is Cc1nc(Nc2cc(O)c(-c3ccc(N)cc3)cc2Br)sc1-c1cccc(C(F)(F)F)c1. The minimum absolute atomic E-state index is 0.0619. The van der Waals surface area contributed by atoms with Crippen LogP contribution in [0.5, 0.6) is 5.75 Å². The van der Waals surface area contributed by atoms with E-state index in [1.165, 1.54) is 17.4 Å². The lowest BCUT2D eigenvalue weighted by Crippen LogP contribution is -2.04. The Bertz CT molecular complexity index is 1290. The number of hydrogen-bond donors (Lipinski definition) is 3. The van der Waals surface area contributed by atoms with Crippen LogP contribution in [0.3, 0.4) is 0 Å². The molecule has 1 heterocycles. The number of thiazole rings is 1. The fourth-order valence-corrected chi connectivity index (χ4v) is 4.64. The number of nitrogens with one attached hydrogen (secondary N) is 1. The van der Waals surface area contributed by atoms with Gasteiger partial charge in [0.25, 0.3) is 0 Å². The van der Waals surface area contributed by atoms with Gasteiger partial charge in [0.1, 0.15) is 5.75 Å². The number of anilines is 3. The van der Waals surface area contributed by atoms with Gasteiger partial charge in [-0.05, 0) is 64.3 Å². The van der Waals surface area contributed by atoms with Crippen molar-refractivity contribution in [1.82, 2.24) is 4.98 Å². The standard InChI is InChI=1S/C23H17BrF3N3OS/c1-12-21(14-3-2-4-15(9-14)23(25,26)27)32-22(29-12)30-19-11-20(31)17(10-18(19)24)13-5-7-16(28)8-6-13/h2-11,31H,28H2,1H3,(H,29,30). The molecular formula is C23H17BrF3N3OS. The van der Waals surface area contributed by atoms with Crippen LogP contribution < -0.4 is 11.1 Å². The van der Waals surface area contributed by atoms with Gasteiger partial charge in [-0.2, -0.15) is 13.2 Å². The van der Waals surface area contributed by atoms with E-state index in [0.717, 1.165) is 17.7 Å². The lowest BCUT2D eigenvalue weighted by molar-refractivity contribution is -0.137. The Morgan fingerprint density at radius 1 is 1.03 bits per heavy atom. The number of rotatable bonds is 4. The minimum atomic E-state index is -4.41. The molecule has 32 heavy (non-hydrogen) atoms. The Morgan fingerprint density at radius 2 is 1.75 bits per heavy atom. The Balaban J connectivity index is 1.63. The number of alkyl halides is 3. The highest BCUT2D eigenvalue weighted by molar-refractivity contribution is 9.10. The Morgan fingerprint density at radius 3 is 2.44 bits per heavy atom. The number of aryl methyl sites for hydroxylation is 1. The lowest BCUT2D eigenvalue weighted by Gasteiger charge is -2.11. The van der Waals surface area contributed by atoms with Crippen LogP contribution in [0, 0.1) is 6.92 Å². The van der Waals surface area contributed by atoms with E-state index in [9.17, 15) is 18.3 Å². The number of phenolic OH excluding ortho intramolecular Hbond substituents is 1. The molecule has 4 N–H and O–H groups in total. The van der Waals surface area contributed by atoms with Crippen LogP contribution in [-0.2, 0) is 6.18 Å². The third-order valence-corrected chi connectivity index (χ3v) is 6.58. The summed E-state index contributed by atoms with van der Waals surface area (Å²) in [5.74, 6) is 0.0619. The van der Waals surface area contributed by atoms with Gasteiger partial charge in [0, 0.05) is 21.8 Å². The summed E-state index contributed by atoms with van der Waals surface area (Å²) in [6, 6.07) is 15.6. The van der Waals surface area contributed by atoms with Crippen molar-refractivity contribution in [2.45, 2.75) is 13.1 Å². The maximum atomic E-state index is 13.1. The fourth-order valence-electron chi connectivity index (χ4n) is 3.22. The lowest BCUT2D eigenvalue weighted by atomic mass is 10.0. The van der Waals surface area contributed by atoms with E-state index in [1.54, 1.807) is 37.3 Å². The van der Waals surface area contributed by atoms with Crippen molar-refractivity contribution in [3.63, 3.8) is 0 Å². The Labute approximate surface area is 194 Å². The van der Waals surface area contributed by atoms with Crippen molar-refractivity contribution < 1.29 is 18.3 Å². The van der Waals surface area contributed by atoms with Gasteiger partial charge < -0.3 is 16.2 Å². The molecule has 3 aromatic carbocycles. The molecule has 0 aliphatic heterocycles. The molecule has 0 bridgehead atoms. The monoisotopic (exact) mass is 519 g/mol. The highest BCUT2D eigenvalue weighted by Crippen LogP contribution is 2.41. The van der Waals surface area contributed by atoms with Crippen LogP contribution >= 0.6 is 27.3 Å². The quantitative estimate of drug-likeness (QED) is 0.243. The molecule has 0 fully saturated rings. The summed E-state index contributed by atoms with van der Waals surface area (Å²) < 4.78 is 39.9. The molecule has 0 unspecified atom stereocenters. The molecular weight excluding hydrogens is 503 g/mol. The third-order valence-electron chi connectivity index (χ3n) is 4.80. The second-order valence-corrected chi connectivity index (χ2v) is 8.96. The second-order valence-electron chi connectivity index (χ2n) is 7.11. The zero-order valence-corrected chi connectivity index (χ0v) is 19.1. The van der Waals surface area contributed by atoms with E-state index < -0.39 is 11.7 Å². The average molecular weight is 520 g/mol. The predicted octanol–water partition coefficient (Wildman–Crippen LogP) is 7.60. The summed E-state index contributed by atoms with van der Waals surface area (Å²) >= 11 is 4.74. The smallest absolute Gasteiger partial charge is 0.416 e. The molecule has 0 saturated heterocycles. The normalized spacial score (nSPS) is 11.5. The van der Waals surface area contributed by atoms with E-state index >= 15 is 0 Å². The summed E-state index contributed by atoms with van der Waals surface area (Å²) in [4.78, 5) is 5.08. The van der Waals surface area contributed by atoms with Crippen molar-refractivity contribution in [3.05, 3.63) is 76.4 Å². The van der Waals surface area contributed by atoms with Crippen molar-refractivity contribution in [2.75, 3.05) is 11.1 Å². The van der Waals surface area contributed by atoms with Gasteiger partial charge in [-0.1, -0.05) is 35.6 Å². The van der Waals surface area contributed by atoms with Gasteiger partial charge >= 0.3 is 6.18 Å². The second kappa shape index (κ2) is 8.48. The first kappa shape index (κ1) is 22.2. The molecule has 9 heteroatoms. The molecule has 0 aliphatic carbocycles. The summed E-state index contributed by atoms with van der Waals surface area (Å²) in [6.07, 6.45) is -4.41. The number of nitrogens with two attached hydrogens (primary N) is 1. The topological polar surface area (TPSA) is 71.2 Å². The maximum Gasteiger partial charge on any atom is 0.416 e. The highest BCUT2D eigenvalue weighted by Gasteiger charge is 2.30. The first-order valence-corrected chi connectivity index (χ1v) is 11.0. The molecule has 4 rings (SSSR count). The number of nitrogen functional groups attached to an aromatic ring is 1. The Hall–Kier alpha value is -3.04. The van der Waals surface area contributed by atoms with Crippen LogP contribution in [-0.4, -0.2) is 10.1 Å². The summed E-state index contributed by atoms with van der Waals surface area (Å²) in [5.41, 5.74) is 8.71. The van der Waals surface area contributed by atoms with Crippen molar-refractivity contribution in [2.24, 2.45) is 0 Å². The van der Waals surface area contributed by atoms with Gasteiger partial charge in [0.05, 0.1) is 21.8 Å². The maximum absolute atomic E-state index is 13.1. The number of phenols is 1. The third kappa shape index (κ3) is 4.58. The zero-order valence-electron chi connectivity index (χ0n) is 16.7. The van der Waals surface area contributed by atoms with Gasteiger partial charge in [0.2, 0.25) is 0 Å². The Kier molecular flexibility index (Phi) is 5.87. The first-order valence-electron chi connectivity index (χ1n) is 9.42. The van der Waals surface area contributed by atoms with E-state index in [0.29, 0.717) is 42.7 Å². The molecule has 0 amide bonds. The van der Waals surface area contributed by atoms with Gasteiger partial charge in [-0.3, -0.25) is 0 Å². The molecule has 4 aromatic rings. The average Bonchev–Trinajstić information content (AvgIpc) is 3.11. The van der Waals surface area contributed by atoms with Crippen LogP contribution in [0.25, 0.3) is 21.6 Å². The number of aromatic nitrogens is 1. The van der Waals surface area contributed by atoms with E-state index in [2.05, 4.69) is 26.2 Å². The summed E-state index contributed by atoms with van der Waals surface area (Å²) in [6.45, 7) is 1.74. The summed E-state index contributed by atoms with van der Waals surface area (Å²) in [7, 11) is 0. The van der Waals surface area contributed by atoms with Crippen LogP contribution in [0.2, 0.25) is 0 Å². The molecule has 0 radical (unpaired) electrons. The van der Waals surface area contributed by atoms with E-state index in [1.807, 2.05) is 12.1 Å². The largest absolute Gasteiger partial charge is 0.507 e. The van der Waals surface area contributed by atoms with Crippen LogP contribution in [0.4, 0.5) is 29.7 Å². The van der Waals surface area contributed by atoms with Crippen molar-refractivity contribution in [1.29, 1.82) is 0 Å². The fraction of sp³-hybridized carbons (Fsp3) is 0.0870. The van der Waals surface area contributed by atoms with Crippen LogP contribution in [0.15, 0.2) is 65.1 Å². The molecule has 4 nitrogen and oxygen atoms in total. The molecule has 0 spiro atoms. The van der Waals surface area contributed by atoms with E-state index in [-0.39, 0.29) is 5.75 Å². The van der Waals surface area contributed by atoms with Crippen molar-refractivity contribution in [3.8, 4) is 27.3 Å². The molecule has 1 aromatic heterocycles. The summed E-state index contributed by atoms with van der Waals surface area (Å²) in [5, 5.41) is 14.2. The number of halogens is 4. The van der Waals surface area contributed by atoms with Gasteiger partial charge in [-0.15, -0.1) is 0 Å². The number of hydrogen-bond acceptors (Lipinski definition) is 5. The first-order chi connectivity index (χ1) is 15.1. The number of benzene rings is 3.